The van der Waals surface area contributed by atoms with Gasteiger partial charge in [0.15, 0.2) is 0 Å². The summed E-state index contributed by atoms with van der Waals surface area (Å²) in [5.41, 5.74) is 5.24. The first-order chi connectivity index (χ1) is 18.6. The van der Waals surface area contributed by atoms with Crippen LogP contribution in [0.2, 0.25) is 0 Å². The molecular weight excluding hydrogens is 488 g/mol. The minimum absolute atomic E-state index is 0.0583. The van der Waals surface area contributed by atoms with Crippen LogP contribution in [0.3, 0.4) is 0 Å². The van der Waals surface area contributed by atoms with E-state index >= 15 is 0 Å². The lowest BCUT2D eigenvalue weighted by Crippen LogP contribution is -2.23. The molecule has 2 N–H and O–H groups in total. The number of carbonyl (C=O) groups is 1. The van der Waals surface area contributed by atoms with Crippen LogP contribution in [-0.2, 0) is 4.74 Å². The van der Waals surface area contributed by atoms with Gasteiger partial charge in [0.05, 0.1) is 24.6 Å². The molecule has 39 heavy (non-hydrogen) atoms. The van der Waals surface area contributed by atoms with Crippen LogP contribution in [0.5, 0.6) is 0 Å². The van der Waals surface area contributed by atoms with Gasteiger partial charge in [-0.25, -0.2) is 9.98 Å². The highest BCUT2D eigenvalue weighted by Gasteiger charge is 2.19. The summed E-state index contributed by atoms with van der Waals surface area (Å²) in [5, 5.41) is 10.6. The summed E-state index contributed by atoms with van der Waals surface area (Å²) < 4.78 is 6.14. The molecule has 1 aromatic carbocycles. The van der Waals surface area contributed by atoms with E-state index in [-0.39, 0.29) is 17.9 Å². The fraction of sp³-hybridized carbons (Fsp3) is 0.406. The van der Waals surface area contributed by atoms with E-state index in [2.05, 4.69) is 36.2 Å². The maximum atomic E-state index is 12.4. The quantitative estimate of drug-likeness (QED) is 0.421. The zero-order valence-corrected chi connectivity index (χ0v) is 23.8. The molecule has 0 saturated heterocycles. The Kier molecular flexibility index (Phi) is 9.02. The number of aromatic amines is 1. The zero-order valence-electron chi connectivity index (χ0n) is 23.8. The number of amides is 1. The molecule has 0 fully saturated rings. The van der Waals surface area contributed by atoms with Crippen LogP contribution >= 0.6 is 0 Å². The van der Waals surface area contributed by atoms with Gasteiger partial charge in [0, 0.05) is 36.8 Å². The van der Waals surface area contributed by atoms with Crippen molar-refractivity contribution in [3.05, 3.63) is 77.2 Å². The third-order valence-corrected chi connectivity index (χ3v) is 6.82. The normalized spacial score (nSPS) is 21.3. The number of ether oxygens (including phenoxy) is 1. The van der Waals surface area contributed by atoms with Crippen molar-refractivity contribution in [2.24, 2.45) is 15.4 Å². The van der Waals surface area contributed by atoms with Gasteiger partial charge in [-0.2, -0.15) is 0 Å². The lowest BCUT2D eigenvalue weighted by Gasteiger charge is -2.23. The fourth-order valence-corrected chi connectivity index (χ4v) is 4.31. The van der Waals surface area contributed by atoms with Crippen LogP contribution in [0.1, 0.15) is 63.4 Å². The second kappa shape index (κ2) is 12.4. The summed E-state index contributed by atoms with van der Waals surface area (Å²) in [4.78, 5) is 27.1. The number of hydrogen-bond donors (Lipinski definition) is 2. The molecule has 1 aliphatic heterocycles. The Balaban J connectivity index is 1.66. The molecular formula is C32H40N4O3. The summed E-state index contributed by atoms with van der Waals surface area (Å²) in [7, 11) is 3.49. The summed E-state index contributed by atoms with van der Waals surface area (Å²) in [5.74, 6) is 1.50. The number of hydrogen-bond acceptors (Lipinski definition) is 4. The lowest BCUT2D eigenvalue weighted by molar-refractivity contribution is 0.0665. The van der Waals surface area contributed by atoms with Crippen LogP contribution < -0.4 is 0 Å². The van der Waals surface area contributed by atoms with Gasteiger partial charge in [0.2, 0.25) is 0 Å². The molecule has 1 aliphatic carbocycles. The van der Waals surface area contributed by atoms with E-state index in [0.29, 0.717) is 12.3 Å². The molecule has 2 aliphatic rings. The van der Waals surface area contributed by atoms with Gasteiger partial charge in [-0.05, 0) is 80.7 Å². The molecule has 0 radical (unpaired) electrons. The van der Waals surface area contributed by atoms with Gasteiger partial charge in [-0.1, -0.05) is 31.6 Å². The Hall–Kier alpha value is -3.71. The molecule has 7 nitrogen and oxygen atoms in total. The van der Waals surface area contributed by atoms with Crippen molar-refractivity contribution >= 4 is 34.0 Å². The molecule has 0 unspecified atom stereocenters. The Morgan fingerprint density at radius 2 is 2.00 bits per heavy atom. The van der Waals surface area contributed by atoms with E-state index in [1.165, 1.54) is 5.57 Å². The molecule has 2 heterocycles. The molecule has 4 rings (SSSR count). The number of fused-ring (bicyclic) bond motifs is 1. The van der Waals surface area contributed by atoms with Crippen LogP contribution in [-0.4, -0.2) is 59.8 Å². The molecule has 0 saturated carbocycles. The first kappa shape index (κ1) is 28.3. The lowest BCUT2D eigenvalue weighted by atomic mass is 9.96. The second-order valence-electron chi connectivity index (χ2n) is 11.3. The van der Waals surface area contributed by atoms with Gasteiger partial charge in [-0.3, -0.25) is 4.79 Å². The van der Waals surface area contributed by atoms with Crippen molar-refractivity contribution in [3.63, 3.8) is 0 Å². The predicted molar refractivity (Wildman–Crippen MR) is 160 cm³/mol. The molecule has 206 valence electrons. The summed E-state index contributed by atoms with van der Waals surface area (Å²) in [6, 6.07) is 7.79. The highest BCUT2D eigenvalue weighted by atomic mass is 16.5. The third-order valence-electron chi connectivity index (χ3n) is 6.82. The Labute approximate surface area is 231 Å². The fourth-order valence-electron chi connectivity index (χ4n) is 4.31. The van der Waals surface area contributed by atoms with Gasteiger partial charge >= 0.3 is 0 Å². The monoisotopic (exact) mass is 528 g/mol. The standard InChI is InChI=1S/C32H40N4O3/c1-22-11-13-23(18-26(15-12-22)39-21-32(2,3)20-37)27-9-7-6-8-10-30(35-27)33-25-14-16-28-24(17-25)19-29(34-28)31(38)36(4)5/h7,9,12,14-19,34,37H,6,8,10-11,13,20-21H2,1-5H3/b9-7-,22-12?,23-18+,26-15+,33-30?,35-27?. The maximum absolute atomic E-state index is 12.4. The minimum atomic E-state index is -0.325. The van der Waals surface area contributed by atoms with Crippen LogP contribution in [0.25, 0.3) is 10.9 Å². The van der Waals surface area contributed by atoms with Crippen molar-refractivity contribution < 1.29 is 14.6 Å². The number of rotatable bonds is 7. The minimum Gasteiger partial charge on any atom is -0.493 e. The largest absolute Gasteiger partial charge is 0.493 e. The Bertz CT molecular complexity index is 1400. The van der Waals surface area contributed by atoms with E-state index in [1.54, 1.807) is 19.0 Å². The number of aliphatic imine (C=N–C) groups is 2. The molecule has 0 bridgehead atoms. The van der Waals surface area contributed by atoms with Crippen LogP contribution in [0.15, 0.2) is 81.5 Å². The summed E-state index contributed by atoms with van der Waals surface area (Å²) in [6.45, 7) is 6.58. The van der Waals surface area contributed by atoms with Gasteiger partial charge < -0.3 is 19.7 Å². The zero-order chi connectivity index (χ0) is 28.0. The van der Waals surface area contributed by atoms with Crippen molar-refractivity contribution in [1.82, 2.24) is 9.88 Å². The van der Waals surface area contributed by atoms with Gasteiger partial charge in [0.1, 0.15) is 17.3 Å². The van der Waals surface area contributed by atoms with E-state index in [0.717, 1.165) is 71.6 Å². The van der Waals surface area contributed by atoms with Crippen molar-refractivity contribution in [3.8, 4) is 0 Å². The summed E-state index contributed by atoms with van der Waals surface area (Å²) in [6.07, 6.45) is 15.0. The molecule has 2 aromatic rings. The average molecular weight is 529 g/mol. The molecule has 1 aromatic heterocycles. The first-order valence-electron chi connectivity index (χ1n) is 13.6. The van der Waals surface area contributed by atoms with E-state index < -0.39 is 0 Å². The number of benzene rings is 1. The van der Waals surface area contributed by atoms with Crippen molar-refractivity contribution in [1.29, 1.82) is 0 Å². The molecule has 1 amide bonds. The van der Waals surface area contributed by atoms with Crippen molar-refractivity contribution in [2.45, 2.75) is 52.9 Å². The SMILES string of the molecule is CC1=C/C=C(OCC(C)(C)CO)\C=C(\C2=NC(=Nc3ccc4[nH]c(C(=O)N(C)C)cc4c3)CCC/C=C\2)CC1. The Morgan fingerprint density at radius 1 is 1.18 bits per heavy atom. The topological polar surface area (TPSA) is 90.3 Å². The molecule has 0 spiro atoms. The van der Waals surface area contributed by atoms with Crippen molar-refractivity contribution in [2.75, 3.05) is 27.3 Å². The number of carbonyl (C=O) groups excluding carboxylic acids is 1. The average Bonchev–Trinajstić information content (AvgIpc) is 3.31. The number of nitrogens with one attached hydrogen (secondary N) is 1. The number of H-pyrrole nitrogens is 1. The third kappa shape index (κ3) is 7.67. The van der Waals surface area contributed by atoms with Crippen LogP contribution in [0, 0.1) is 5.41 Å². The van der Waals surface area contributed by atoms with Crippen LogP contribution in [0.4, 0.5) is 5.69 Å². The number of aliphatic hydroxyl groups is 1. The van der Waals surface area contributed by atoms with E-state index in [9.17, 15) is 9.90 Å². The summed E-state index contributed by atoms with van der Waals surface area (Å²) >= 11 is 0. The number of nitrogens with zero attached hydrogens (tertiary/aromatic N) is 3. The number of aromatic nitrogens is 1. The first-order valence-corrected chi connectivity index (χ1v) is 13.6. The van der Waals surface area contributed by atoms with Gasteiger partial charge in [-0.15, -0.1) is 0 Å². The van der Waals surface area contributed by atoms with Gasteiger partial charge in [0.25, 0.3) is 5.91 Å². The second-order valence-corrected chi connectivity index (χ2v) is 11.3. The Morgan fingerprint density at radius 3 is 2.77 bits per heavy atom. The predicted octanol–water partition coefficient (Wildman–Crippen LogP) is 6.67. The smallest absolute Gasteiger partial charge is 0.269 e. The number of aliphatic hydroxyl groups excluding tert-OH is 1. The molecule has 7 heteroatoms. The maximum Gasteiger partial charge on any atom is 0.269 e. The van der Waals surface area contributed by atoms with E-state index in [4.69, 9.17) is 14.7 Å². The van der Waals surface area contributed by atoms with E-state index in [1.807, 2.05) is 44.2 Å². The molecule has 0 atom stereocenters. The highest BCUT2D eigenvalue weighted by molar-refractivity contribution is 6.14. The number of allylic oxidation sites excluding steroid dienone is 7. The highest BCUT2D eigenvalue weighted by Crippen LogP contribution is 2.26. The number of amidine groups is 1.